The summed E-state index contributed by atoms with van der Waals surface area (Å²) in [6.07, 6.45) is 2.00. The summed E-state index contributed by atoms with van der Waals surface area (Å²) in [7, 11) is 0. The van der Waals surface area contributed by atoms with Crippen molar-refractivity contribution in [2.24, 2.45) is 0 Å². The van der Waals surface area contributed by atoms with Gasteiger partial charge in [-0.3, -0.25) is 0 Å². The number of para-hydroxylation sites is 1. The van der Waals surface area contributed by atoms with Crippen molar-refractivity contribution in [1.29, 1.82) is 0 Å². The van der Waals surface area contributed by atoms with Crippen LogP contribution in [0.25, 0.3) is 0 Å². The van der Waals surface area contributed by atoms with Crippen LogP contribution >= 0.6 is 0 Å². The lowest BCUT2D eigenvalue weighted by Gasteiger charge is -2.07. The molecule has 0 radical (unpaired) electrons. The van der Waals surface area contributed by atoms with Gasteiger partial charge in [0.2, 0.25) is 0 Å². The van der Waals surface area contributed by atoms with E-state index < -0.39 is 0 Å². The topological polar surface area (TPSA) is 18.5 Å². The van der Waals surface area contributed by atoms with Gasteiger partial charge in [0, 0.05) is 0 Å². The first-order valence-corrected chi connectivity index (χ1v) is 6.72. The number of aryl methyl sites for hydroxylation is 1. The monoisotopic (exact) mass is 256 g/mol. The van der Waals surface area contributed by atoms with E-state index in [9.17, 15) is 0 Å². The molecule has 0 aromatic heterocycles. The van der Waals surface area contributed by atoms with Gasteiger partial charge in [-0.2, -0.15) is 0 Å². The number of unbranched alkanes of at least 4 members (excludes halogenated alkanes) is 1. The first-order chi connectivity index (χ1) is 9.34. The molecule has 0 atom stereocenters. The largest absolute Gasteiger partial charge is 0.494 e. The summed E-state index contributed by atoms with van der Waals surface area (Å²) in [5.74, 6) is 1.87. The Bertz CT molecular complexity index is 462. The fraction of sp³-hybridized carbons (Fsp3) is 0.294. The molecule has 0 saturated heterocycles. The maximum absolute atomic E-state index is 5.66. The van der Waals surface area contributed by atoms with E-state index in [0.717, 1.165) is 37.6 Å². The highest BCUT2D eigenvalue weighted by molar-refractivity contribution is 5.26. The van der Waals surface area contributed by atoms with E-state index in [4.69, 9.17) is 9.47 Å². The average Bonchev–Trinajstić information content (AvgIpc) is 2.46. The van der Waals surface area contributed by atoms with Crippen LogP contribution in [-0.4, -0.2) is 13.2 Å². The van der Waals surface area contributed by atoms with E-state index >= 15 is 0 Å². The SMILES string of the molecule is Cc1ccc(OCCCCOc2ccccc2)cc1. The molecule has 0 saturated carbocycles. The molecule has 2 nitrogen and oxygen atoms in total. The van der Waals surface area contributed by atoms with E-state index in [1.54, 1.807) is 0 Å². The predicted molar refractivity (Wildman–Crippen MR) is 77.8 cm³/mol. The lowest BCUT2D eigenvalue weighted by Crippen LogP contribution is -2.02. The molecule has 19 heavy (non-hydrogen) atoms. The van der Waals surface area contributed by atoms with Crippen LogP contribution < -0.4 is 9.47 Å². The Balaban J connectivity index is 1.56. The Morgan fingerprint density at radius 3 is 1.79 bits per heavy atom. The standard InChI is InChI=1S/C17H20O2/c1-15-9-11-17(12-10-15)19-14-6-5-13-18-16-7-3-2-4-8-16/h2-4,7-12H,5-6,13-14H2,1H3. The maximum atomic E-state index is 5.66. The van der Waals surface area contributed by atoms with Crippen LogP contribution in [0.15, 0.2) is 54.6 Å². The van der Waals surface area contributed by atoms with Crippen molar-refractivity contribution in [3.05, 3.63) is 60.2 Å². The Labute approximate surface area is 115 Å². The normalized spacial score (nSPS) is 10.2. The summed E-state index contributed by atoms with van der Waals surface area (Å²) in [6.45, 7) is 3.55. The molecule has 2 heteroatoms. The number of benzene rings is 2. The zero-order valence-electron chi connectivity index (χ0n) is 11.3. The van der Waals surface area contributed by atoms with Crippen LogP contribution in [0.2, 0.25) is 0 Å². The number of ether oxygens (including phenoxy) is 2. The molecule has 0 aliphatic heterocycles. The maximum Gasteiger partial charge on any atom is 0.119 e. The lowest BCUT2D eigenvalue weighted by atomic mass is 10.2. The third-order valence-corrected chi connectivity index (χ3v) is 2.84. The molecule has 0 aliphatic carbocycles. The summed E-state index contributed by atoms with van der Waals surface area (Å²) in [5, 5.41) is 0. The van der Waals surface area contributed by atoms with Gasteiger partial charge in [-0.05, 0) is 44.0 Å². The van der Waals surface area contributed by atoms with Crippen LogP contribution in [0, 0.1) is 6.92 Å². The molecule has 0 bridgehead atoms. The molecule has 2 aromatic rings. The second kappa shape index (κ2) is 7.47. The Hall–Kier alpha value is -1.96. The van der Waals surface area contributed by atoms with Crippen molar-refractivity contribution in [1.82, 2.24) is 0 Å². The molecule has 100 valence electrons. The highest BCUT2D eigenvalue weighted by Crippen LogP contribution is 2.12. The third-order valence-electron chi connectivity index (χ3n) is 2.84. The molecule has 0 spiro atoms. The Morgan fingerprint density at radius 1 is 0.684 bits per heavy atom. The summed E-state index contributed by atoms with van der Waals surface area (Å²) < 4.78 is 11.3. The number of hydrogen-bond donors (Lipinski definition) is 0. The van der Waals surface area contributed by atoms with Gasteiger partial charge in [-0.1, -0.05) is 35.9 Å². The Morgan fingerprint density at radius 2 is 1.21 bits per heavy atom. The molecule has 0 heterocycles. The molecular formula is C17H20O2. The van der Waals surface area contributed by atoms with Gasteiger partial charge in [0.25, 0.3) is 0 Å². The van der Waals surface area contributed by atoms with Crippen LogP contribution in [0.4, 0.5) is 0 Å². The molecular weight excluding hydrogens is 236 g/mol. The molecule has 2 rings (SSSR count). The second-order valence-electron chi connectivity index (χ2n) is 4.53. The van der Waals surface area contributed by atoms with Gasteiger partial charge in [-0.25, -0.2) is 0 Å². The minimum Gasteiger partial charge on any atom is -0.494 e. The van der Waals surface area contributed by atoms with E-state index in [1.807, 2.05) is 42.5 Å². The van der Waals surface area contributed by atoms with Gasteiger partial charge >= 0.3 is 0 Å². The first-order valence-electron chi connectivity index (χ1n) is 6.72. The summed E-state index contributed by atoms with van der Waals surface area (Å²) in [6, 6.07) is 18.0. The predicted octanol–water partition coefficient (Wildman–Crippen LogP) is 4.23. The van der Waals surface area contributed by atoms with Crippen LogP contribution in [0.5, 0.6) is 11.5 Å². The smallest absolute Gasteiger partial charge is 0.119 e. The summed E-state index contributed by atoms with van der Waals surface area (Å²) in [4.78, 5) is 0. The fourth-order valence-electron chi connectivity index (χ4n) is 1.74. The molecule has 0 fully saturated rings. The molecule has 0 unspecified atom stereocenters. The van der Waals surface area contributed by atoms with Crippen molar-refractivity contribution in [3.8, 4) is 11.5 Å². The zero-order valence-corrected chi connectivity index (χ0v) is 11.3. The van der Waals surface area contributed by atoms with Gasteiger partial charge in [0.15, 0.2) is 0 Å². The molecule has 0 amide bonds. The molecule has 0 N–H and O–H groups in total. The van der Waals surface area contributed by atoms with E-state index in [0.29, 0.717) is 0 Å². The quantitative estimate of drug-likeness (QED) is 0.690. The summed E-state index contributed by atoms with van der Waals surface area (Å²) >= 11 is 0. The van der Waals surface area contributed by atoms with E-state index in [2.05, 4.69) is 19.1 Å². The minimum atomic E-state index is 0.737. The molecule has 0 aliphatic rings. The highest BCUT2D eigenvalue weighted by atomic mass is 16.5. The van der Waals surface area contributed by atoms with Gasteiger partial charge in [0.05, 0.1) is 13.2 Å². The van der Waals surface area contributed by atoms with Crippen LogP contribution in [-0.2, 0) is 0 Å². The number of hydrogen-bond acceptors (Lipinski definition) is 2. The van der Waals surface area contributed by atoms with Crippen molar-refractivity contribution >= 4 is 0 Å². The van der Waals surface area contributed by atoms with Crippen molar-refractivity contribution in [2.45, 2.75) is 19.8 Å². The Kier molecular flexibility index (Phi) is 5.30. The third kappa shape index (κ3) is 5.04. The van der Waals surface area contributed by atoms with Gasteiger partial charge in [0.1, 0.15) is 11.5 Å². The summed E-state index contributed by atoms with van der Waals surface area (Å²) in [5.41, 5.74) is 1.25. The van der Waals surface area contributed by atoms with Crippen molar-refractivity contribution in [3.63, 3.8) is 0 Å². The van der Waals surface area contributed by atoms with Gasteiger partial charge in [-0.15, -0.1) is 0 Å². The zero-order chi connectivity index (χ0) is 13.3. The van der Waals surface area contributed by atoms with Crippen molar-refractivity contribution in [2.75, 3.05) is 13.2 Å². The minimum absolute atomic E-state index is 0.737. The lowest BCUT2D eigenvalue weighted by molar-refractivity contribution is 0.266. The van der Waals surface area contributed by atoms with Gasteiger partial charge < -0.3 is 9.47 Å². The number of rotatable bonds is 7. The second-order valence-corrected chi connectivity index (χ2v) is 4.53. The first kappa shape index (κ1) is 13.5. The highest BCUT2D eigenvalue weighted by Gasteiger charge is 1.95. The van der Waals surface area contributed by atoms with E-state index in [-0.39, 0.29) is 0 Å². The van der Waals surface area contributed by atoms with E-state index in [1.165, 1.54) is 5.56 Å². The van der Waals surface area contributed by atoms with Crippen LogP contribution in [0.3, 0.4) is 0 Å². The molecule has 2 aromatic carbocycles. The van der Waals surface area contributed by atoms with Crippen LogP contribution in [0.1, 0.15) is 18.4 Å². The van der Waals surface area contributed by atoms with Crippen molar-refractivity contribution < 1.29 is 9.47 Å². The fourth-order valence-corrected chi connectivity index (χ4v) is 1.74. The average molecular weight is 256 g/mol.